The molecule has 3 rings (SSSR count). The topological polar surface area (TPSA) is 52.5 Å². The zero-order valence-corrected chi connectivity index (χ0v) is 11.2. The molecule has 0 unspecified atom stereocenters. The molecular weight excluding hydrogens is 244 g/mol. The summed E-state index contributed by atoms with van der Waals surface area (Å²) in [5.74, 6) is -0.304. The van der Waals surface area contributed by atoms with E-state index in [1.54, 1.807) is 17.7 Å². The van der Waals surface area contributed by atoms with E-state index in [-0.39, 0.29) is 11.3 Å². The van der Waals surface area contributed by atoms with Crippen molar-refractivity contribution in [2.45, 2.75) is 37.5 Å². The maximum absolute atomic E-state index is 11.3. The van der Waals surface area contributed by atoms with Gasteiger partial charge in [0.2, 0.25) is 5.56 Å². The fourth-order valence-corrected chi connectivity index (χ4v) is 2.90. The standard InChI is InChI=1S/C14H20N2O3/c1-16-10-12(2-3-13(16)17)15-11-4-6-14(7-5-11)18-8-9-19-14/h2-3,10-11,15H,4-9H2,1H3. The molecule has 1 saturated carbocycles. The van der Waals surface area contributed by atoms with E-state index in [1.165, 1.54) is 0 Å². The number of rotatable bonds is 2. The Balaban J connectivity index is 1.59. The Morgan fingerprint density at radius 3 is 2.58 bits per heavy atom. The molecule has 1 N–H and O–H groups in total. The Kier molecular flexibility index (Phi) is 3.33. The first-order chi connectivity index (χ1) is 9.17. The van der Waals surface area contributed by atoms with Crippen molar-refractivity contribution in [2.24, 2.45) is 7.05 Å². The van der Waals surface area contributed by atoms with Gasteiger partial charge in [-0.25, -0.2) is 0 Å². The van der Waals surface area contributed by atoms with Gasteiger partial charge < -0.3 is 19.4 Å². The van der Waals surface area contributed by atoms with Gasteiger partial charge in [0.1, 0.15) is 0 Å². The molecule has 1 aromatic heterocycles. The molecule has 1 spiro atoms. The van der Waals surface area contributed by atoms with E-state index in [0.29, 0.717) is 6.04 Å². The fourth-order valence-electron chi connectivity index (χ4n) is 2.90. The van der Waals surface area contributed by atoms with Crippen LogP contribution in [0.1, 0.15) is 25.7 Å². The second-order valence-corrected chi connectivity index (χ2v) is 5.39. The average Bonchev–Trinajstić information content (AvgIpc) is 2.86. The molecule has 2 fully saturated rings. The Bertz CT molecular complexity index is 496. The van der Waals surface area contributed by atoms with Crippen molar-refractivity contribution in [1.29, 1.82) is 0 Å². The number of aromatic nitrogens is 1. The molecule has 2 aliphatic rings. The van der Waals surface area contributed by atoms with Crippen LogP contribution < -0.4 is 10.9 Å². The number of anilines is 1. The van der Waals surface area contributed by atoms with Crippen LogP contribution in [0.15, 0.2) is 23.1 Å². The van der Waals surface area contributed by atoms with Crippen LogP contribution >= 0.6 is 0 Å². The van der Waals surface area contributed by atoms with Gasteiger partial charge >= 0.3 is 0 Å². The van der Waals surface area contributed by atoms with Crippen molar-refractivity contribution in [3.63, 3.8) is 0 Å². The highest BCUT2D eigenvalue weighted by molar-refractivity contribution is 5.41. The Labute approximate surface area is 112 Å². The predicted molar refractivity (Wildman–Crippen MR) is 72.2 cm³/mol. The van der Waals surface area contributed by atoms with Crippen LogP contribution in [0.25, 0.3) is 0 Å². The number of aryl methyl sites for hydroxylation is 1. The van der Waals surface area contributed by atoms with Crippen molar-refractivity contribution in [2.75, 3.05) is 18.5 Å². The summed E-state index contributed by atoms with van der Waals surface area (Å²) in [5, 5.41) is 3.48. The Morgan fingerprint density at radius 2 is 1.95 bits per heavy atom. The molecule has 1 aliphatic carbocycles. The van der Waals surface area contributed by atoms with Crippen LogP contribution in [0.4, 0.5) is 5.69 Å². The first-order valence-electron chi connectivity index (χ1n) is 6.88. The van der Waals surface area contributed by atoms with Gasteiger partial charge in [-0.1, -0.05) is 0 Å². The summed E-state index contributed by atoms with van der Waals surface area (Å²) < 4.78 is 13.0. The minimum Gasteiger partial charge on any atom is -0.381 e. The molecule has 5 nitrogen and oxygen atoms in total. The SMILES string of the molecule is Cn1cc(NC2CCC3(CC2)OCCO3)ccc1=O. The number of hydrogen-bond acceptors (Lipinski definition) is 4. The van der Waals surface area contributed by atoms with Crippen LogP contribution in [0.2, 0.25) is 0 Å². The van der Waals surface area contributed by atoms with Gasteiger partial charge in [-0.2, -0.15) is 0 Å². The molecule has 0 atom stereocenters. The number of nitrogens with zero attached hydrogens (tertiary/aromatic N) is 1. The van der Waals surface area contributed by atoms with E-state index in [4.69, 9.17) is 9.47 Å². The quantitative estimate of drug-likeness (QED) is 0.879. The van der Waals surface area contributed by atoms with Crippen molar-refractivity contribution >= 4 is 5.69 Å². The third kappa shape index (κ3) is 2.67. The van der Waals surface area contributed by atoms with E-state index in [1.807, 2.05) is 12.3 Å². The van der Waals surface area contributed by atoms with E-state index in [9.17, 15) is 4.79 Å². The summed E-state index contributed by atoms with van der Waals surface area (Å²) in [4.78, 5) is 11.3. The monoisotopic (exact) mass is 264 g/mol. The fraction of sp³-hybridized carbons (Fsp3) is 0.643. The van der Waals surface area contributed by atoms with Crippen molar-refractivity contribution in [1.82, 2.24) is 4.57 Å². The average molecular weight is 264 g/mol. The largest absolute Gasteiger partial charge is 0.381 e. The molecule has 1 aromatic rings. The smallest absolute Gasteiger partial charge is 0.250 e. The summed E-state index contributed by atoms with van der Waals surface area (Å²) >= 11 is 0. The lowest BCUT2D eigenvalue weighted by Gasteiger charge is -2.36. The van der Waals surface area contributed by atoms with E-state index in [0.717, 1.165) is 44.6 Å². The van der Waals surface area contributed by atoms with Gasteiger partial charge in [-0.05, 0) is 18.9 Å². The molecule has 1 saturated heterocycles. The normalized spacial score (nSPS) is 22.8. The third-order valence-corrected chi connectivity index (χ3v) is 4.02. The van der Waals surface area contributed by atoms with Crippen LogP contribution in [0.5, 0.6) is 0 Å². The minimum atomic E-state index is -0.304. The number of ether oxygens (including phenoxy) is 2. The summed E-state index contributed by atoms with van der Waals surface area (Å²) in [6.07, 6.45) is 5.79. The molecule has 19 heavy (non-hydrogen) atoms. The van der Waals surface area contributed by atoms with E-state index >= 15 is 0 Å². The minimum absolute atomic E-state index is 0.0147. The summed E-state index contributed by atoms with van der Waals surface area (Å²) in [7, 11) is 1.77. The summed E-state index contributed by atoms with van der Waals surface area (Å²) in [5.41, 5.74) is 1.01. The van der Waals surface area contributed by atoms with Gasteiger partial charge in [0.05, 0.1) is 18.9 Å². The van der Waals surface area contributed by atoms with E-state index in [2.05, 4.69) is 5.32 Å². The molecule has 0 bridgehead atoms. The third-order valence-electron chi connectivity index (χ3n) is 4.02. The van der Waals surface area contributed by atoms with Crippen LogP contribution in [-0.2, 0) is 16.5 Å². The van der Waals surface area contributed by atoms with Crippen LogP contribution in [0, 0.1) is 0 Å². The molecule has 0 aromatic carbocycles. The highest BCUT2D eigenvalue weighted by Crippen LogP contribution is 2.36. The van der Waals surface area contributed by atoms with Crippen LogP contribution in [0.3, 0.4) is 0 Å². The second kappa shape index (κ2) is 4.98. The lowest BCUT2D eigenvalue weighted by atomic mass is 9.90. The number of hydrogen-bond donors (Lipinski definition) is 1. The van der Waals surface area contributed by atoms with Crippen molar-refractivity contribution in [3.8, 4) is 0 Å². The Hall–Kier alpha value is -1.33. The van der Waals surface area contributed by atoms with Gasteiger partial charge in [-0.15, -0.1) is 0 Å². The lowest BCUT2D eigenvalue weighted by molar-refractivity contribution is -0.177. The zero-order chi connectivity index (χ0) is 13.3. The maximum atomic E-state index is 11.3. The molecule has 2 heterocycles. The highest BCUT2D eigenvalue weighted by atomic mass is 16.7. The van der Waals surface area contributed by atoms with Crippen molar-refractivity contribution < 1.29 is 9.47 Å². The Morgan fingerprint density at radius 1 is 1.26 bits per heavy atom. The molecule has 1 aliphatic heterocycles. The first kappa shape index (κ1) is 12.7. The predicted octanol–water partition coefficient (Wildman–Crippen LogP) is 1.48. The molecular formula is C14H20N2O3. The molecule has 0 amide bonds. The van der Waals surface area contributed by atoms with Gasteiger partial charge in [0.25, 0.3) is 0 Å². The maximum Gasteiger partial charge on any atom is 0.250 e. The molecule has 5 heteroatoms. The van der Waals surface area contributed by atoms with Gasteiger partial charge in [-0.3, -0.25) is 4.79 Å². The summed E-state index contributed by atoms with van der Waals surface area (Å²) in [6, 6.07) is 3.86. The number of nitrogens with one attached hydrogen (secondary N) is 1. The van der Waals surface area contributed by atoms with Gasteiger partial charge in [0.15, 0.2) is 5.79 Å². The van der Waals surface area contributed by atoms with Crippen LogP contribution in [-0.4, -0.2) is 29.6 Å². The zero-order valence-electron chi connectivity index (χ0n) is 11.2. The van der Waals surface area contributed by atoms with Gasteiger partial charge in [0, 0.05) is 38.2 Å². The number of pyridine rings is 1. The highest BCUT2D eigenvalue weighted by Gasteiger charge is 2.40. The molecule has 0 radical (unpaired) electrons. The van der Waals surface area contributed by atoms with Crippen molar-refractivity contribution in [3.05, 3.63) is 28.7 Å². The van der Waals surface area contributed by atoms with E-state index < -0.39 is 0 Å². The lowest BCUT2D eigenvalue weighted by Crippen LogP contribution is -2.39. The second-order valence-electron chi connectivity index (χ2n) is 5.39. The first-order valence-corrected chi connectivity index (χ1v) is 6.88. The molecule has 104 valence electrons. The summed E-state index contributed by atoms with van der Waals surface area (Å²) in [6.45, 7) is 1.44.